The summed E-state index contributed by atoms with van der Waals surface area (Å²) in [5.74, 6) is 0. The zero-order chi connectivity index (χ0) is 10.7. The van der Waals surface area contributed by atoms with Gasteiger partial charge in [0, 0.05) is 16.5 Å². The third kappa shape index (κ3) is 2.72. The van der Waals surface area contributed by atoms with Crippen LogP contribution in [0.4, 0.5) is 0 Å². The van der Waals surface area contributed by atoms with Crippen molar-refractivity contribution in [1.29, 1.82) is 0 Å². The smallest absolute Gasteiger partial charge is 0.154 e. The van der Waals surface area contributed by atoms with E-state index >= 15 is 0 Å². The van der Waals surface area contributed by atoms with Crippen LogP contribution in [-0.4, -0.2) is 10.1 Å². The van der Waals surface area contributed by atoms with Crippen molar-refractivity contribution in [2.24, 2.45) is 0 Å². The Hall–Kier alpha value is -0.550. The molecular formula is C10H8ClNOS2. The van der Waals surface area contributed by atoms with Gasteiger partial charge < -0.3 is 5.11 Å². The summed E-state index contributed by atoms with van der Waals surface area (Å²) < 4.78 is 0.966. The minimum Gasteiger partial charge on any atom is -0.392 e. The SMILES string of the molecule is OCc1ccc(Sc2nccs2)c(Cl)c1. The highest BCUT2D eigenvalue weighted by Crippen LogP contribution is 2.34. The van der Waals surface area contributed by atoms with Crippen LogP contribution in [0.25, 0.3) is 0 Å². The van der Waals surface area contributed by atoms with E-state index < -0.39 is 0 Å². The molecule has 0 spiro atoms. The Bertz CT molecular complexity index is 445. The Kier molecular flexibility index (Phi) is 3.64. The fourth-order valence-corrected chi connectivity index (χ4v) is 2.98. The van der Waals surface area contributed by atoms with Gasteiger partial charge in [-0.15, -0.1) is 11.3 Å². The fraction of sp³-hybridized carbons (Fsp3) is 0.100. The lowest BCUT2D eigenvalue weighted by Crippen LogP contribution is -1.83. The first-order chi connectivity index (χ1) is 7.29. The molecule has 1 heterocycles. The average Bonchev–Trinajstić information content (AvgIpc) is 2.74. The minimum absolute atomic E-state index is 0.0158. The molecule has 2 nitrogen and oxygen atoms in total. The third-order valence-corrected chi connectivity index (χ3v) is 4.17. The van der Waals surface area contributed by atoms with Crippen molar-refractivity contribution in [2.45, 2.75) is 15.8 Å². The summed E-state index contributed by atoms with van der Waals surface area (Å²) in [5, 5.41) is 11.5. The lowest BCUT2D eigenvalue weighted by Gasteiger charge is -2.03. The average molecular weight is 258 g/mol. The van der Waals surface area contributed by atoms with Crippen LogP contribution in [0, 0.1) is 0 Å². The molecule has 1 aromatic carbocycles. The maximum absolute atomic E-state index is 8.93. The van der Waals surface area contributed by atoms with E-state index in [9.17, 15) is 0 Å². The Morgan fingerprint density at radius 3 is 2.93 bits per heavy atom. The summed E-state index contributed by atoms with van der Waals surface area (Å²) in [6, 6.07) is 5.54. The van der Waals surface area contributed by atoms with Gasteiger partial charge in [0.05, 0.1) is 11.6 Å². The predicted octanol–water partition coefficient (Wildman–Crippen LogP) is 3.44. The van der Waals surface area contributed by atoms with E-state index in [4.69, 9.17) is 16.7 Å². The normalized spacial score (nSPS) is 10.5. The summed E-state index contributed by atoms with van der Waals surface area (Å²) in [5.41, 5.74) is 0.823. The largest absolute Gasteiger partial charge is 0.392 e. The van der Waals surface area contributed by atoms with Crippen LogP contribution >= 0.6 is 34.7 Å². The molecular weight excluding hydrogens is 250 g/mol. The van der Waals surface area contributed by atoms with E-state index in [0.717, 1.165) is 14.8 Å². The zero-order valence-electron chi connectivity index (χ0n) is 7.68. The summed E-state index contributed by atoms with van der Waals surface area (Å²) in [6.07, 6.45) is 1.77. The molecule has 2 rings (SSSR count). The molecule has 0 bridgehead atoms. The molecule has 0 aliphatic rings. The molecule has 0 amide bonds. The number of rotatable bonds is 3. The molecule has 1 aromatic heterocycles. The molecule has 0 saturated heterocycles. The van der Waals surface area contributed by atoms with Crippen LogP contribution in [0.2, 0.25) is 5.02 Å². The molecule has 78 valence electrons. The van der Waals surface area contributed by atoms with E-state index in [1.165, 1.54) is 11.8 Å². The molecule has 2 aromatic rings. The maximum Gasteiger partial charge on any atom is 0.154 e. The minimum atomic E-state index is 0.0158. The zero-order valence-corrected chi connectivity index (χ0v) is 10.1. The molecule has 0 aliphatic heterocycles. The molecule has 0 unspecified atom stereocenters. The standard InChI is InChI=1S/C10H8ClNOS2/c11-8-5-7(6-13)1-2-9(8)15-10-12-3-4-14-10/h1-5,13H,6H2. The highest BCUT2D eigenvalue weighted by atomic mass is 35.5. The first-order valence-corrected chi connectivity index (χ1v) is 6.33. The van der Waals surface area contributed by atoms with Crippen molar-refractivity contribution in [3.05, 3.63) is 40.4 Å². The van der Waals surface area contributed by atoms with Gasteiger partial charge in [-0.1, -0.05) is 29.4 Å². The second-order valence-electron chi connectivity index (χ2n) is 2.82. The van der Waals surface area contributed by atoms with Crippen LogP contribution in [0.1, 0.15) is 5.56 Å². The van der Waals surface area contributed by atoms with Gasteiger partial charge >= 0.3 is 0 Å². The van der Waals surface area contributed by atoms with Crippen LogP contribution in [0.3, 0.4) is 0 Å². The van der Waals surface area contributed by atoms with E-state index in [-0.39, 0.29) is 6.61 Å². The van der Waals surface area contributed by atoms with Crippen molar-refractivity contribution in [3.63, 3.8) is 0 Å². The van der Waals surface area contributed by atoms with Crippen LogP contribution in [0.15, 0.2) is 39.0 Å². The number of thiazole rings is 1. The van der Waals surface area contributed by atoms with Crippen LogP contribution in [0.5, 0.6) is 0 Å². The highest BCUT2D eigenvalue weighted by Gasteiger charge is 2.05. The fourth-order valence-electron chi connectivity index (χ4n) is 1.08. The summed E-state index contributed by atoms with van der Waals surface area (Å²) in [6.45, 7) is 0.0158. The van der Waals surface area contributed by atoms with Crippen molar-refractivity contribution in [3.8, 4) is 0 Å². The topological polar surface area (TPSA) is 33.1 Å². The van der Waals surface area contributed by atoms with Gasteiger partial charge in [0.2, 0.25) is 0 Å². The van der Waals surface area contributed by atoms with E-state index in [0.29, 0.717) is 5.02 Å². The lowest BCUT2D eigenvalue weighted by atomic mass is 10.2. The van der Waals surface area contributed by atoms with Gasteiger partial charge in [-0.2, -0.15) is 0 Å². The predicted molar refractivity (Wildman–Crippen MR) is 63.6 cm³/mol. The molecule has 0 saturated carbocycles. The highest BCUT2D eigenvalue weighted by molar-refractivity contribution is 8.01. The van der Waals surface area contributed by atoms with Gasteiger partial charge in [-0.3, -0.25) is 0 Å². The Labute approximate surface area is 101 Å². The second-order valence-corrected chi connectivity index (χ2v) is 5.41. The molecule has 5 heteroatoms. The van der Waals surface area contributed by atoms with Crippen molar-refractivity contribution < 1.29 is 5.11 Å². The summed E-state index contributed by atoms with van der Waals surface area (Å²) >= 11 is 9.18. The molecule has 0 atom stereocenters. The van der Waals surface area contributed by atoms with Crippen molar-refractivity contribution in [1.82, 2.24) is 4.98 Å². The van der Waals surface area contributed by atoms with Crippen molar-refractivity contribution >= 4 is 34.7 Å². The van der Waals surface area contributed by atoms with Gasteiger partial charge in [0.1, 0.15) is 0 Å². The number of halogens is 1. The van der Waals surface area contributed by atoms with Gasteiger partial charge in [-0.05, 0) is 17.7 Å². The summed E-state index contributed by atoms with van der Waals surface area (Å²) in [7, 11) is 0. The van der Waals surface area contributed by atoms with Crippen LogP contribution < -0.4 is 0 Å². The van der Waals surface area contributed by atoms with E-state index in [1.54, 1.807) is 23.6 Å². The molecule has 0 aliphatic carbocycles. The number of benzene rings is 1. The second kappa shape index (κ2) is 4.99. The van der Waals surface area contributed by atoms with Crippen LogP contribution in [-0.2, 0) is 6.61 Å². The number of aliphatic hydroxyl groups is 1. The number of aliphatic hydroxyl groups excluding tert-OH is 1. The Balaban J connectivity index is 2.22. The Morgan fingerprint density at radius 2 is 2.33 bits per heavy atom. The Morgan fingerprint density at radius 1 is 1.47 bits per heavy atom. The van der Waals surface area contributed by atoms with E-state index in [1.807, 2.05) is 17.5 Å². The van der Waals surface area contributed by atoms with Crippen molar-refractivity contribution in [2.75, 3.05) is 0 Å². The number of nitrogens with zero attached hydrogens (tertiary/aromatic N) is 1. The maximum atomic E-state index is 8.93. The molecule has 15 heavy (non-hydrogen) atoms. The summed E-state index contributed by atoms with van der Waals surface area (Å²) in [4.78, 5) is 5.13. The number of hydrogen-bond acceptors (Lipinski definition) is 4. The van der Waals surface area contributed by atoms with Gasteiger partial charge in [0.15, 0.2) is 4.34 Å². The molecule has 0 fully saturated rings. The molecule has 0 radical (unpaired) electrons. The first kappa shape index (κ1) is 11.0. The van der Waals surface area contributed by atoms with E-state index in [2.05, 4.69) is 4.98 Å². The van der Waals surface area contributed by atoms with Gasteiger partial charge in [0.25, 0.3) is 0 Å². The number of hydrogen-bond donors (Lipinski definition) is 1. The molecule has 1 N–H and O–H groups in total. The third-order valence-electron chi connectivity index (χ3n) is 1.79. The number of aromatic nitrogens is 1. The van der Waals surface area contributed by atoms with Gasteiger partial charge in [-0.25, -0.2) is 4.98 Å². The first-order valence-electron chi connectivity index (χ1n) is 4.26. The monoisotopic (exact) mass is 257 g/mol. The lowest BCUT2D eigenvalue weighted by molar-refractivity contribution is 0.282. The quantitative estimate of drug-likeness (QED) is 0.914.